The number of hydrogen-bond acceptors (Lipinski definition) is 6. The Labute approximate surface area is 191 Å². The lowest BCUT2D eigenvalue weighted by molar-refractivity contribution is 0.0370. The van der Waals surface area contributed by atoms with Gasteiger partial charge in [-0.25, -0.2) is 15.0 Å². The summed E-state index contributed by atoms with van der Waals surface area (Å²) in [5, 5.41) is 0. The molecule has 0 bridgehead atoms. The van der Waals surface area contributed by atoms with Crippen LogP contribution in [0.1, 0.15) is 6.42 Å². The molecule has 0 amide bonds. The van der Waals surface area contributed by atoms with Crippen LogP contribution in [0.15, 0.2) is 48.5 Å². The first kappa shape index (κ1) is 20.1. The number of nitrogens with zero attached hydrogens (tertiary/aromatic N) is 6. The monoisotopic (exact) mass is 441 g/mol. The van der Waals surface area contributed by atoms with Crippen molar-refractivity contribution in [3.63, 3.8) is 0 Å². The van der Waals surface area contributed by atoms with E-state index < -0.39 is 0 Å². The van der Waals surface area contributed by atoms with Crippen LogP contribution in [0.5, 0.6) is 0 Å². The lowest BCUT2D eigenvalue weighted by Gasteiger charge is -2.26. The normalized spacial score (nSPS) is 15.2. The Bertz CT molecular complexity index is 1460. The van der Waals surface area contributed by atoms with Crippen molar-refractivity contribution >= 4 is 39.0 Å². The van der Waals surface area contributed by atoms with E-state index in [1.807, 2.05) is 49.5 Å². The number of nitrogen functional groups attached to an aromatic ring is 1. The predicted octanol–water partition coefficient (Wildman–Crippen LogP) is 3.44. The van der Waals surface area contributed by atoms with Crippen LogP contribution in [-0.2, 0) is 18.3 Å². The van der Waals surface area contributed by atoms with Crippen LogP contribution in [0.3, 0.4) is 0 Å². The summed E-state index contributed by atoms with van der Waals surface area (Å²) in [6, 6.07) is 16.1. The van der Waals surface area contributed by atoms with Gasteiger partial charge < -0.3 is 19.6 Å². The van der Waals surface area contributed by atoms with E-state index in [-0.39, 0.29) is 0 Å². The predicted molar refractivity (Wildman–Crippen MR) is 131 cm³/mol. The molecule has 1 aliphatic heterocycles. The first-order chi connectivity index (χ1) is 16.2. The molecule has 1 fully saturated rings. The highest BCUT2D eigenvalue weighted by molar-refractivity contribution is 6.01. The molecule has 5 aromatic rings. The van der Waals surface area contributed by atoms with Crippen molar-refractivity contribution < 1.29 is 4.74 Å². The molecule has 2 N–H and O–H groups in total. The number of para-hydroxylation sites is 4. The summed E-state index contributed by atoms with van der Waals surface area (Å²) in [7, 11) is 2.03. The fraction of sp³-hybridized carbons (Fsp3) is 0.320. The Morgan fingerprint density at radius 1 is 0.879 bits per heavy atom. The van der Waals surface area contributed by atoms with Gasteiger partial charge in [-0.05, 0) is 30.7 Å². The molecule has 8 nitrogen and oxygen atoms in total. The van der Waals surface area contributed by atoms with Crippen molar-refractivity contribution in [3.8, 4) is 11.4 Å². The van der Waals surface area contributed by atoms with E-state index in [1.165, 1.54) is 0 Å². The molecule has 1 aliphatic rings. The standard InChI is InChI=1S/C25H27N7O/c1-30-20-10-5-4-9-19(20)29-24(30)21-22-25(28-18-8-3-2-7-17(18)27-22)32(23(21)26)12-6-11-31-13-15-33-16-14-31/h2-5,7-10H,6,11-16,26H2,1H3. The highest BCUT2D eigenvalue weighted by Gasteiger charge is 2.24. The summed E-state index contributed by atoms with van der Waals surface area (Å²) in [5.41, 5.74) is 13.0. The number of imidazole rings is 1. The molecule has 168 valence electrons. The third kappa shape index (κ3) is 3.42. The van der Waals surface area contributed by atoms with Gasteiger partial charge in [-0.15, -0.1) is 0 Å². The molecule has 0 aliphatic carbocycles. The second-order valence-electron chi connectivity index (χ2n) is 8.59. The van der Waals surface area contributed by atoms with Crippen LogP contribution in [0, 0.1) is 0 Å². The Balaban J connectivity index is 1.48. The maximum Gasteiger partial charge on any atom is 0.161 e. The molecular weight excluding hydrogens is 414 g/mol. The number of aryl methyl sites for hydroxylation is 2. The van der Waals surface area contributed by atoms with Gasteiger partial charge in [0.2, 0.25) is 0 Å². The fourth-order valence-electron chi connectivity index (χ4n) is 4.81. The van der Waals surface area contributed by atoms with Gasteiger partial charge in [-0.3, -0.25) is 4.90 Å². The quantitative estimate of drug-likeness (QED) is 0.450. The lowest BCUT2D eigenvalue weighted by atomic mass is 10.2. The number of rotatable bonds is 5. The summed E-state index contributed by atoms with van der Waals surface area (Å²) in [6.07, 6.45) is 0.977. The molecule has 0 saturated carbocycles. The smallest absolute Gasteiger partial charge is 0.161 e. The Kier molecular flexibility index (Phi) is 4.96. The van der Waals surface area contributed by atoms with Gasteiger partial charge in [-0.1, -0.05) is 24.3 Å². The van der Waals surface area contributed by atoms with Crippen LogP contribution < -0.4 is 5.73 Å². The third-order valence-electron chi connectivity index (χ3n) is 6.56. The molecule has 0 atom stereocenters. The van der Waals surface area contributed by atoms with Crippen LogP contribution in [0.25, 0.3) is 44.6 Å². The average Bonchev–Trinajstić information content (AvgIpc) is 3.31. The lowest BCUT2D eigenvalue weighted by Crippen LogP contribution is -2.37. The number of aromatic nitrogens is 5. The summed E-state index contributed by atoms with van der Waals surface area (Å²) in [4.78, 5) is 17.3. The summed E-state index contributed by atoms with van der Waals surface area (Å²) in [6.45, 7) is 5.36. The van der Waals surface area contributed by atoms with Crippen molar-refractivity contribution in [1.29, 1.82) is 0 Å². The zero-order chi connectivity index (χ0) is 22.4. The van der Waals surface area contributed by atoms with E-state index in [2.05, 4.69) is 20.1 Å². The third-order valence-corrected chi connectivity index (χ3v) is 6.56. The molecule has 33 heavy (non-hydrogen) atoms. The molecule has 0 spiro atoms. The van der Waals surface area contributed by atoms with Crippen molar-refractivity contribution in [2.24, 2.45) is 7.05 Å². The number of fused-ring (bicyclic) bond motifs is 3. The number of anilines is 1. The van der Waals surface area contributed by atoms with Crippen molar-refractivity contribution in [2.45, 2.75) is 13.0 Å². The van der Waals surface area contributed by atoms with E-state index >= 15 is 0 Å². The van der Waals surface area contributed by atoms with Crippen LogP contribution >= 0.6 is 0 Å². The molecule has 2 aromatic carbocycles. The molecule has 8 heteroatoms. The number of benzene rings is 2. The minimum atomic E-state index is 0.667. The van der Waals surface area contributed by atoms with E-state index in [0.29, 0.717) is 5.82 Å². The summed E-state index contributed by atoms with van der Waals surface area (Å²) >= 11 is 0. The van der Waals surface area contributed by atoms with Crippen molar-refractivity contribution in [1.82, 2.24) is 29.0 Å². The molecule has 4 heterocycles. The van der Waals surface area contributed by atoms with Gasteiger partial charge >= 0.3 is 0 Å². The maximum absolute atomic E-state index is 6.82. The van der Waals surface area contributed by atoms with Gasteiger partial charge in [-0.2, -0.15) is 0 Å². The largest absolute Gasteiger partial charge is 0.384 e. The van der Waals surface area contributed by atoms with E-state index in [9.17, 15) is 0 Å². The zero-order valence-corrected chi connectivity index (χ0v) is 18.7. The van der Waals surface area contributed by atoms with Crippen LogP contribution in [0.4, 0.5) is 5.82 Å². The Hall–Kier alpha value is -3.49. The Morgan fingerprint density at radius 2 is 1.58 bits per heavy atom. The van der Waals surface area contributed by atoms with Gasteiger partial charge in [0.15, 0.2) is 5.65 Å². The van der Waals surface area contributed by atoms with Gasteiger partial charge in [0.1, 0.15) is 17.2 Å². The average molecular weight is 442 g/mol. The number of nitrogens with two attached hydrogens (primary N) is 1. The molecule has 1 saturated heterocycles. The Morgan fingerprint density at radius 3 is 2.33 bits per heavy atom. The highest BCUT2D eigenvalue weighted by atomic mass is 16.5. The first-order valence-corrected chi connectivity index (χ1v) is 11.5. The number of hydrogen-bond donors (Lipinski definition) is 1. The molecule has 0 radical (unpaired) electrons. The van der Waals surface area contributed by atoms with E-state index in [1.54, 1.807) is 0 Å². The second-order valence-corrected chi connectivity index (χ2v) is 8.59. The summed E-state index contributed by atoms with van der Waals surface area (Å²) < 4.78 is 9.68. The number of ether oxygens (including phenoxy) is 1. The van der Waals surface area contributed by atoms with Crippen molar-refractivity contribution in [3.05, 3.63) is 48.5 Å². The topological polar surface area (TPSA) is 87.0 Å². The molecule has 3 aromatic heterocycles. The van der Waals surface area contributed by atoms with Crippen molar-refractivity contribution in [2.75, 3.05) is 38.6 Å². The highest BCUT2D eigenvalue weighted by Crippen LogP contribution is 2.36. The van der Waals surface area contributed by atoms with E-state index in [4.69, 9.17) is 25.4 Å². The maximum atomic E-state index is 6.82. The fourth-order valence-corrected chi connectivity index (χ4v) is 4.81. The number of morpholine rings is 1. The van der Waals surface area contributed by atoms with Crippen LogP contribution in [0.2, 0.25) is 0 Å². The molecule has 6 rings (SSSR count). The molecule has 0 unspecified atom stereocenters. The minimum absolute atomic E-state index is 0.667. The van der Waals surface area contributed by atoms with Gasteiger partial charge in [0, 0.05) is 33.2 Å². The van der Waals surface area contributed by atoms with E-state index in [0.717, 1.165) is 90.4 Å². The summed E-state index contributed by atoms with van der Waals surface area (Å²) in [5.74, 6) is 1.48. The first-order valence-electron chi connectivity index (χ1n) is 11.5. The second kappa shape index (κ2) is 8.13. The minimum Gasteiger partial charge on any atom is -0.384 e. The van der Waals surface area contributed by atoms with Crippen LogP contribution in [-0.4, -0.2) is 61.8 Å². The zero-order valence-electron chi connectivity index (χ0n) is 18.7. The van der Waals surface area contributed by atoms with Gasteiger partial charge in [0.25, 0.3) is 0 Å². The SMILES string of the molecule is Cn1c(-c2c(N)n(CCCN3CCOCC3)c3nc4ccccc4nc23)nc2ccccc21. The molecular formula is C25H27N7O. The van der Waals surface area contributed by atoms with Gasteiger partial charge in [0.05, 0.1) is 40.8 Å².